The van der Waals surface area contributed by atoms with Crippen molar-refractivity contribution < 1.29 is 9.53 Å². The van der Waals surface area contributed by atoms with E-state index in [1.807, 2.05) is 6.07 Å². The van der Waals surface area contributed by atoms with Crippen molar-refractivity contribution in [2.45, 2.75) is 129 Å². The van der Waals surface area contributed by atoms with Crippen LogP contribution in [0.1, 0.15) is 115 Å². The van der Waals surface area contributed by atoms with Crippen LogP contribution in [0.2, 0.25) is 19.6 Å². The molecule has 1 unspecified atom stereocenters. The third-order valence-electron chi connectivity index (χ3n) is 5.59. The summed E-state index contributed by atoms with van der Waals surface area (Å²) in [5.74, 6) is 0.438. The summed E-state index contributed by atoms with van der Waals surface area (Å²) in [6, 6.07) is 6.15. The second-order valence-electron chi connectivity index (χ2n) is 9.68. The normalized spacial score (nSPS) is 13.0. The van der Waals surface area contributed by atoms with Gasteiger partial charge in [0.1, 0.15) is 5.75 Å². The molecule has 0 fully saturated rings. The summed E-state index contributed by atoms with van der Waals surface area (Å²) in [7, 11) is -1.62. The van der Waals surface area contributed by atoms with E-state index in [1.165, 1.54) is 69.8 Å². The second-order valence-corrected chi connectivity index (χ2v) is 14.1. The first-order chi connectivity index (χ1) is 13.9. The Morgan fingerprint density at radius 2 is 1.34 bits per heavy atom. The third-order valence-corrected chi connectivity index (χ3v) is 6.58. The lowest BCUT2D eigenvalue weighted by atomic mass is 9.98. The molecule has 168 valence electrons. The maximum absolute atomic E-state index is 10.2. The first-order valence-electron chi connectivity index (χ1n) is 12.4. The zero-order valence-electron chi connectivity index (χ0n) is 20.1. The summed E-state index contributed by atoms with van der Waals surface area (Å²) in [6.45, 7) is 11.3. The Balaban J connectivity index is 2.49. The van der Waals surface area contributed by atoms with Crippen LogP contribution < -0.4 is 0 Å². The van der Waals surface area contributed by atoms with Gasteiger partial charge in [-0.2, -0.15) is 0 Å². The number of rotatable bonds is 17. The van der Waals surface area contributed by atoms with Gasteiger partial charge in [-0.15, -0.1) is 0 Å². The molecule has 1 rings (SSSR count). The molecule has 0 amide bonds. The molecule has 0 heterocycles. The molecule has 1 N–H and O–H groups in total. The van der Waals surface area contributed by atoms with Gasteiger partial charge in [0.15, 0.2) is 8.32 Å². The molecule has 0 aliphatic rings. The molecule has 1 atom stereocenters. The Kier molecular flexibility index (Phi) is 13.6. The molecule has 0 aliphatic heterocycles. The summed E-state index contributed by atoms with van der Waals surface area (Å²) in [5.41, 5.74) is 2.34. The Bertz CT molecular complexity index is 536. The summed E-state index contributed by atoms with van der Waals surface area (Å²) < 4.78 is 6.56. The lowest BCUT2D eigenvalue weighted by Gasteiger charge is -2.27. The van der Waals surface area contributed by atoms with Crippen molar-refractivity contribution >= 4 is 8.32 Å². The minimum Gasteiger partial charge on any atom is -0.508 e. The zero-order valence-corrected chi connectivity index (χ0v) is 21.1. The van der Waals surface area contributed by atoms with Crippen LogP contribution in [-0.2, 0) is 10.8 Å². The molecule has 2 nitrogen and oxygen atoms in total. The van der Waals surface area contributed by atoms with Crippen molar-refractivity contribution in [3.8, 4) is 5.75 Å². The van der Waals surface area contributed by atoms with Gasteiger partial charge in [0.25, 0.3) is 0 Å². The molecule has 0 aromatic heterocycles. The highest BCUT2D eigenvalue weighted by atomic mass is 28.4. The molecule has 0 bridgehead atoms. The SMILES string of the molecule is CCCCCCCCCCCCC(O[Si](C)(C)C)c1ccc(O)c(CCCC)c1. The number of hydrogen-bond donors (Lipinski definition) is 1. The number of phenols is 1. The Morgan fingerprint density at radius 1 is 0.793 bits per heavy atom. The minimum atomic E-state index is -1.62. The molecule has 0 aliphatic carbocycles. The quantitative estimate of drug-likeness (QED) is 0.201. The average Bonchev–Trinajstić information content (AvgIpc) is 2.67. The van der Waals surface area contributed by atoms with E-state index < -0.39 is 8.32 Å². The summed E-state index contributed by atoms with van der Waals surface area (Å²) in [6.07, 6.45) is 18.1. The summed E-state index contributed by atoms with van der Waals surface area (Å²) in [4.78, 5) is 0. The molecule has 0 radical (unpaired) electrons. The van der Waals surface area contributed by atoms with Gasteiger partial charge in [-0.3, -0.25) is 0 Å². The van der Waals surface area contributed by atoms with E-state index in [-0.39, 0.29) is 6.10 Å². The van der Waals surface area contributed by atoms with Gasteiger partial charge in [0.2, 0.25) is 0 Å². The van der Waals surface area contributed by atoms with Gasteiger partial charge >= 0.3 is 0 Å². The summed E-state index contributed by atoms with van der Waals surface area (Å²) in [5, 5.41) is 10.2. The predicted molar refractivity (Wildman–Crippen MR) is 130 cm³/mol. The summed E-state index contributed by atoms with van der Waals surface area (Å²) >= 11 is 0. The fourth-order valence-electron chi connectivity index (χ4n) is 3.91. The smallest absolute Gasteiger partial charge is 0.184 e. The Morgan fingerprint density at radius 3 is 1.90 bits per heavy atom. The number of aryl methyl sites for hydroxylation is 1. The van der Waals surface area contributed by atoms with Gasteiger partial charge in [-0.05, 0) is 62.2 Å². The van der Waals surface area contributed by atoms with Crippen LogP contribution in [0.15, 0.2) is 18.2 Å². The molecule has 0 saturated carbocycles. The predicted octanol–water partition coefficient (Wildman–Crippen LogP) is 8.94. The van der Waals surface area contributed by atoms with Gasteiger partial charge in [-0.1, -0.05) is 90.5 Å². The van der Waals surface area contributed by atoms with E-state index in [0.717, 1.165) is 31.2 Å². The molecular formula is C26H48O2Si. The van der Waals surface area contributed by atoms with E-state index in [0.29, 0.717) is 5.75 Å². The number of hydrogen-bond acceptors (Lipinski definition) is 2. The van der Waals surface area contributed by atoms with Crippen LogP contribution in [0.5, 0.6) is 5.75 Å². The first-order valence-corrected chi connectivity index (χ1v) is 15.8. The highest BCUT2D eigenvalue weighted by Gasteiger charge is 2.23. The van der Waals surface area contributed by atoms with Crippen LogP contribution in [0.3, 0.4) is 0 Å². The lowest BCUT2D eigenvalue weighted by molar-refractivity contribution is 0.182. The maximum atomic E-state index is 10.2. The van der Waals surface area contributed by atoms with E-state index in [2.05, 4.69) is 45.6 Å². The molecule has 0 saturated heterocycles. The highest BCUT2D eigenvalue weighted by Crippen LogP contribution is 2.31. The van der Waals surface area contributed by atoms with E-state index in [1.54, 1.807) is 0 Å². The standard InChI is InChI=1S/C26H48O2Si/c1-6-8-10-11-12-13-14-15-16-17-19-26(28-29(3,4)5)24-20-21-25(27)23(22-24)18-9-7-2/h20-22,26-27H,6-19H2,1-5H3. The Labute approximate surface area is 182 Å². The van der Waals surface area contributed by atoms with Crippen molar-refractivity contribution in [1.82, 2.24) is 0 Å². The van der Waals surface area contributed by atoms with Crippen molar-refractivity contribution in [1.29, 1.82) is 0 Å². The van der Waals surface area contributed by atoms with Crippen LogP contribution >= 0.6 is 0 Å². The Hall–Kier alpha value is -0.803. The fraction of sp³-hybridized carbons (Fsp3) is 0.769. The van der Waals surface area contributed by atoms with E-state index in [4.69, 9.17) is 4.43 Å². The van der Waals surface area contributed by atoms with E-state index >= 15 is 0 Å². The average molecular weight is 421 g/mol. The number of unbranched alkanes of at least 4 members (excludes halogenated alkanes) is 10. The molecular weight excluding hydrogens is 372 g/mol. The molecule has 29 heavy (non-hydrogen) atoms. The topological polar surface area (TPSA) is 29.5 Å². The van der Waals surface area contributed by atoms with Crippen LogP contribution in [-0.4, -0.2) is 13.4 Å². The molecule has 1 aromatic rings. The van der Waals surface area contributed by atoms with Gasteiger partial charge in [0.05, 0.1) is 6.10 Å². The molecule has 0 spiro atoms. The second kappa shape index (κ2) is 15.1. The van der Waals surface area contributed by atoms with Gasteiger partial charge in [-0.25, -0.2) is 0 Å². The number of aromatic hydroxyl groups is 1. The van der Waals surface area contributed by atoms with E-state index in [9.17, 15) is 5.11 Å². The maximum Gasteiger partial charge on any atom is 0.184 e. The zero-order chi connectivity index (χ0) is 21.5. The minimum absolute atomic E-state index is 0.177. The monoisotopic (exact) mass is 420 g/mol. The largest absolute Gasteiger partial charge is 0.508 e. The fourth-order valence-corrected chi connectivity index (χ4v) is 5.02. The van der Waals surface area contributed by atoms with Crippen LogP contribution in [0.25, 0.3) is 0 Å². The van der Waals surface area contributed by atoms with Crippen molar-refractivity contribution in [3.63, 3.8) is 0 Å². The van der Waals surface area contributed by atoms with Gasteiger partial charge < -0.3 is 9.53 Å². The van der Waals surface area contributed by atoms with Gasteiger partial charge in [0, 0.05) is 0 Å². The first kappa shape index (κ1) is 26.2. The van der Waals surface area contributed by atoms with Crippen LogP contribution in [0.4, 0.5) is 0 Å². The van der Waals surface area contributed by atoms with Crippen molar-refractivity contribution in [2.24, 2.45) is 0 Å². The third kappa shape index (κ3) is 12.5. The molecule has 3 heteroatoms. The van der Waals surface area contributed by atoms with Crippen LogP contribution in [0, 0.1) is 0 Å². The number of benzene rings is 1. The van der Waals surface area contributed by atoms with Crippen molar-refractivity contribution in [2.75, 3.05) is 0 Å². The molecule has 1 aromatic carbocycles. The van der Waals surface area contributed by atoms with Crippen molar-refractivity contribution in [3.05, 3.63) is 29.3 Å². The highest BCUT2D eigenvalue weighted by molar-refractivity contribution is 6.69. The lowest BCUT2D eigenvalue weighted by Crippen LogP contribution is -2.28. The number of phenolic OH excluding ortho intramolecular Hbond substituents is 1.